The van der Waals surface area contributed by atoms with E-state index in [0.717, 1.165) is 5.56 Å². The molecule has 9 heteroatoms. The van der Waals surface area contributed by atoms with Crippen molar-refractivity contribution in [1.82, 2.24) is 20.9 Å². The van der Waals surface area contributed by atoms with Crippen LogP contribution in [-0.2, 0) is 16.1 Å². The third-order valence-electron chi connectivity index (χ3n) is 3.95. The Morgan fingerprint density at radius 3 is 2.67 bits per heavy atom. The molecule has 2 amide bonds. The highest BCUT2D eigenvalue weighted by molar-refractivity contribution is 14.0. The first kappa shape index (κ1) is 23.2. The van der Waals surface area contributed by atoms with Crippen LogP contribution in [0.1, 0.15) is 22.8 Å². The van der Waals surface area contributed by atoms with Gasteiger partial charge in [0.2, 0.25) is 5.91 Å². The maximum absolute atomic E-state index is 12.4. The van der Waals surface area contributed by atoms with E-state index in [2.05, 4.69) is 20.9 Å². The zero-order chi connectivity index (χ0) is 18.8. The second-order valence-electron chi connectivity index (χ2n) is 5.82. The third kappa shape index (κ3) is 7.71. The first-order valence-corrected chi connectivity index (χ1v) is 8.81. The SMILES string of the molecule is CCOCCNC(=NC)NCc1ccc(C(=O)N2CCNC(=O)C2)cc1.I. The number of rotatable bonds is 7. The fourth-order valence-electron chi connectivity index (χ4n) is 2.55. The number of aliphatic imine (C=N–C) groups is 1. The van der Waals surface area contributed by atoms with Crippen LogP contribution in [0.2, 0.25) is 0 Å². The zero-order valence-corrected chi connectivity index (χ0v) is 18.1. The van der Waals surface area contributed by atoms with Gasteiger partial charge in [0.25, 0.3) is 5.91 Å². The van der Waals surface area contributed by atoms with E-state index >= 15 is 0 Å². The summed E-state index contributed by atoms with van der Waals surface area (Å²) in [6.07, 6.45) is 0. The molecule has 0 saturated carbocycles. The van der Waals surface area contributed by atoms with E-state index in [1.54, 1.807) is 24.1 Å². The number of nitrogens with one attached hydrogen (secondary N) is 3. The molecule has 8 nitrogen and oxygen atoms in total. The third-order valence-corrected chi connectivity index (χ3v) is 3.95. The van der Waals surface area contributed by atoms with Crippen molar-refractivity contribution in [3.8, 4) is 0 Å². The Morgan fingerprint density at radius 1 is 1.30 bits per heavy atom. The van der Waals surface area contributed by atoms with Crippen molar-refractivity contribution < 1.29 is 14.3 Å². The lowest BCUT2D eigenvalue weighted by Crippen LogP contribution is -2.49. The number of piperazine rings is 1. The Kier molecular flexibility index (Phi) is 10.7. The summed E-state index contributed by atoms with van der Waals surface area (Å²) in [6.45, 7) is 5.72. The van der Waals surface area contributed by atoms with Crippen molar-refractivity contribution in [3.05, 3.63) is 35.4 Å². The van der Waals surface area contributed by atoms with Gasteiger partial charge in [-0.25, -0.2) is 0 Å². The van der Waals surface area contributed by atoms with Crippen LogP contribution in [0.15, 0.2) is 29.3 Å². The highest BCUT2D eigenvalue weighted by Gasteiger charge is 2.21. The number of nitrogens with zero attached hydrogens (tertiary/aromatic N) is 2. The summed E-state index contributed by atoms with van der Waals surface area (Å²) < 4.78 is 5.28. The predicted octanol–water partition coefficient (Wildman–Crippen LogP) is 0.578. The van der Waals surface area contributed by atoms with Gasteiger partial charge in [0.1, 0.15) is 0 Å². The van der Waals surface area contributed by atoms with Crippen LogP contribution < -0.4 is 16.0 Å². The van der Waals surface area contributed by atoms with Gasteiger partial charge < -0.3 is 25.6 Å². The molecule has 2 rings (SSSR count). The topological polar surface area (TPSA) is 95.1 Å². The molecule has 0 bridgehead atoms. The quantitative estimate of drug-likeness (QED) is 0.226. The van der Waals surface area contributed by atoms with E-state index in [0.29, 0.717) is 50.9 Å². The van der Waals surface area contributed by atoms with E-state index in [1.807, 2.05) is 19.1 Å². The number of hydrogen-bond donors (Lipinski definition) is 3. The number of carbonyl (C=O) groups excluding carboxylic acids is 2. The van der Waals surface area contributed by atoms with Crippen molar-refractivity contribution >= 4 is 41.8 Å². The van der Waals surface area contributed by atoms with Crippen molar-refractivity contribution in [2.75, 3.05) is 46.4 Å². The first-order valence-electron chi connectivity index (χ1n) is 8.81. The van der Waals surface area contributed by atoms with Crippen molar-refractivity contribution in [1.29, 1.82) is 0 Å². The van der Waals surface area contributed by atoms with Crippen molar-refractivity contribution in [3.63, 3.8) is 0 Å². The van der Waals surface area contributed by atoms with Gasteiger partial charge >= 0.3 is 0 Å². The van der Waals surface area contributed by atoms with Gasteiger partial charge in [0, 0.05) is 45.4 Å². The number of carbonyl (C=O) groups is 2. The Morgan fingerprint density at radius 2 is 2.04 bits per heavy atom. The molecule has 150 valence electrons. The second-order valence-corrected chi connectivity index (χ2v) is 5.82. The predicted molar refractivity (Wildman–Crippen MR) is 115 cm³/mol. The van der Waals surface area contributed by atoms with E-state index in [1.165, 1.54) is 0 Å². The molecular weight excluding hydrogens is 461 g/mol. The van der Waals surface area contributed by atoms with Gasteiger partial charge in [-0.2, -0.15) is 0 Å². The monoisotopic (exact) mass is 489 g/mol. The Hall–Kier alpha value is -1.88. The maximum Gasteiger partial charge on any atom is 0.254 e. The second kappa shape index (κ2) is 12.5. The molecule has 1 heterocycles. The van der Waals surface area contributed by atoms with Crippen LogP contribution in [0.5, 0.6) is 0 Å². The van der Waals surface area contributed by atoms with E-state index in [-0.39, 0.29) is 42.3 Å². The van der Waals surface area contributed by atoms with Gasteiger partial charge in [0.05, 0.1) is 13.2 Å². The van der Waals surface area contributed by atoms with Gasteiger partial charge in [-0.15, -0.1) is 24.0 Å². The maximum atomic E-state index is 12.4. The molecule has 0 spiro atoms. The number of hydrogen-bond acceptors (Lipinski definition) is 4. The molecule has 0 aromatic heterocycles. The summed E-state index contributed by atoms with van der Waals surface area (Å²) in [7, 11) is 1.71. The van der Waals surface area contributed by atoms with Gasteiger partial charge in [0.15, 0.2) is 5.96 Å². The highest BCUT2D eigenvalue weighted by Crippen LogP contribution is 2.09. The van der Waals surface area contributed by atoms with Crippen LogP contribution in [-0.4, -0.2) is 69.1 Å². The minimum absolute atomic E-state index is 0. The number of amides is 2. The summed E-state index contributed by atoms with van der Waals surface area (Å²) >= 11 is 0. The van der Waals surface area contributed by atoms with E-state index in [4.69, 9.17) is 4.74 Å². The zero-order valence-electron chi connectivity index (χ0n) is 15.8. The summed E-state index contributed by atoms with van der Waals surface area (Å²) in [5.74, 6) is 0.464. The molecule has 0 aliphatic carbocycles. The molecule has 0 radical (unpaired) electrons. The van der Waals surface area contributed by atoms with E-state index in [9.17, 15) is 9.59 Å². The van der Waals surface area contributed by atoms with Crippen LogP contribution in [0.25, 0.3) is 0 Å². The number of ether oxygens (including phenoxy) is 1. The number of halogens is 1. The summed E-state index contributed by atoms with van der Waals surface area (Å²) in [5, 5.41) is 9.10. The number of benzene rings is 1. The highest BCUT2D eigenvalue weighted by atomic mass is 127. The number of guanidine groups is 1. The Labute approximate surface area is 177 Å². The normalized spacial score (nSPS) is 14.2. The van der Waals surface area contributed by atoms with Gasteiger partial charge in [-0.1, -0.05) is 12.1 Å². The minimum atomic E-state index is -0.118. The molecule has 27 heavy (non-hydrogen) atoms. The molecule has 0 atom stereocenters. The van der Waals surface area contributed by atoms with E-state index < -0.39 is 0 Å². The first-order chi connectivity index (χ1) is 12.6. The van der Waals surface area contributed by atoms with Crippen molar-refractivity contribution in [2.24, 2.45) is 4.99 Å². The lowest BCUT2D eigenvalue weighted by Gasteiger charge is -2.26. The molecule has 1 aromatic rings. The molecule has 1 saturated heterocycles. The fourth-order valence-corrected chi connectivity index (χ4v) is 2.55. The fraction of sp³-hybridized carbons (Fsp3) is 0.500. The lowest BCUT2D eigenvalue weighted by molar-refractivity contribution is -0.123. The summed E-state index contributed by atoms with van der Waals surface area (Å²) in [5.41, 5.74) is 1.62. The van der Waals surface area contributed by atoms with Crippen LogP contribution in [0, 0.1) is 0 Å². The minimum Gasteiger partial charge on any atom is -0.380 e. The van der Waals surface area contributed by atoms with Crippen LogP contribution in [0.4, 0.5) is 0 Å². The molecule has 1 aliphatic rings. The Bertz CT molecular complexity index is 636. The summed E-state index contributed by atoms with van der Waals surface area (Å²) in [4.78, 5) is 29.6. The average molecular weight is 489 g/mol. The Balaban J connectivity index is 0.00000364. The molecular formula is C18H28IN5O3. The van der Waals surface area contributed by atoms with Crippen molar-refractivity contribution in [2.45, 2.75) is 13.5 Å². The van der Waals surface area contributed by atoms with Gasteiger partial charge in [-0.3, -0.25) is 14.6 Å². The molecule has 1 aliphatic heterocycles. The summed E-state index contributed by atoms with van der Waals surface area (Å²) in [6, 6.07) is 7.38. The largest absolute Gasteiger partial charge is 0.380 e. The smallest absolute Gasteiger partial charge is 0.254 e. The van der Waals surface area contributed by atoms with Crippen LogP contribution in [0.3, 0.4) is 0 Å². The standard InChI is InChI=1S/C18H27N5O3.HI/c1-3-26-11-9-21-18(19-2)22-12-14-4-6-15(7-5-14)17(25)23-10-8-20-16(24)13-23;/h4-7H,3,8-13H2,1-2H3,(H,20,24)(H2,19,21,22);1H. The van der Waals surface area contributed by atoms with Crippen LogP contribution >= 0.6 is 24.0 Å². The average Bonchev–Trinajstić information content (AvgIpc) is 2.67. The molecule has 1 aromatic carbocycles. The van der Waals surface area contributed by atoms with Gasteiger partial charge in [-0.05, 0) is 24.6 Å². The lowest BCUT2D eigenvalue weighted by atomic mass is 10.1. The molecule has 1 fully saturated rings. The molecule has 0 unspecified atom stereocenters. The molecule has 3 N–H and O–H groups in total.